The van der Waals surface area contributed by atoms with Crippen molar-refractivity contribution in [3.05, 3.63) is 53.6 Å². The molecule has 6 heteroatoms. The summed E-state index contributed by atoms with van der Waals surface area (Å²) in [4.78, 5) is 14.0. The van der Waals surface area contributed by atoms with Gasteiger partial charge in [0.05, 0.1) is 17.8 Å². The SMILES string of the molecule is CN(C)C(CNC(=O)c1cnn(C)c1)c1cccc(F)c1. The van der Waals surface area contributed by atoms with E-state index in [1.54, 1.807) is 24.0 Å². The summed E-state index contributed by atoms with van der Waals surface area (Å²) < 4.78 is 14.9. The fourth-order valence-electron chi connectivity index (χ4n) is 2.14. The van der Waals surface area contributed by atoms with Crippen molar-refractivity contribution in [3.63, 3.8) is 0 Å². The van der Waals surface area contributed by atoms with Crippen molar-refractivity contribution in [2.75, 3.05) is 20.6 Å². The Bertz CT molecular complexity index is 624. The highest BCUT2D eigenvalue weighted by molar-refractivity contribution is 5.93. The second-order valence-electron chi connectivity index (χ2n) is 5.15. The Morgan fingerprint density at radius 3 is 2.81 bits per heavy atom. The van der Waals surface area contributed by atoms with E-state index in [4.69, 9.17) is 0 Å². The predicted molar refractivity (Wildman–Crippen MR) is 78.4 cm³/mol. The van der Waals surface area contributed by atoms with Crippen molar-refractivity contribution in [1.82, 2.24) is 20.0 Å². The number of rotatable bonds is 5. The number of aromatic nitrogens is 2. The molecule has 21 heavy (non-hydrogen) atoms. The second-order valence-corrected chi connectivity index (χ2v) is 5.15. The monoisotopic (exact) mass is 290 g/mol. The Morgan fingerprint density at radius 1 is 1.48 bits per heavy atom. The van der Waals surface area contributed by atoms with Gasteiger partial charge in [0, 0.05) is 19.8 Å². The molecule has 0 aliphatic heterocycles. The largest absolute Gasteiger partial charge is 0.350 e. The molecule has 1 N–H and O–H groups in total. The molecule has 0 bridgehead atoms. The molecule has 0 fully saturated rings. The molecule has 0 radical (unpaired) electrons. The summed E-state index contributed by atoms with van der Waals surface area (Å²) in [6, 6.07) is 6.32. The molecule has 0 saturated carbocycles. The number of halogens is 1. The van der Waals surface area contributed by atoms with E-state index in [1.165, 1.54) is 18.3 Å². The summed E-state index contributed by atoms with van der Waals surface area (Å²) in [5.74, 6) is -0.468. The third-order valence-electron chi connectivity index (χ3n) is 3.28. The molecule has 2 rings (SSSR count). The molecule has 1 aromatic carbocycles. The molecule has 1 aromatic heterocycles. The van der Waals surface area contributed by atoms with E-state index < -0.39 is 0 Å². The predicted octanol–water partition coefficient (Wildman–Crippen LogP) is 1.59. The molecule has 112 valence electrons. The zero-order chi connectivity index (χ0) is 15.4. The summed E-state index contributed by atoms with van der Waals surface area (Å²) >= 11 is 0. The molecule has 0 spiro atoms. The van der Waals surface area contributed by atoms with Crippen molar-refractivity contribution in [1.29, 1.82) is 0 Å². The van der Waals surface area contributed by atoms with Gasteiger partial charge in [0.15, 0.2) is 0 Å². The number of nitrogens with one attached hydrogen (secondary N) is 1. The standard InChI is InChI=1S/C15H19FN4O/c1-19(2)14(11-5-4-6-13(16)7-11)9-17-15(21)12-8-18-20(3)10-12/h4-8,10,14H,9H2,1-3H3,(H,17,21). The van der Waals surface area contributed by atoms with Crippen LogP contribution in [-0.2, 0) is 7.05 Å². The Labute approximate surface area is 123 Å². The van der Waals surface area contributed by atoms with Gasteiger partial charge in [-0.3, -0.25) is 9.48 Å². The third kappa shape index (κ3) is 3.88. The molecular weight excluding hydrogens is 271 g/mol. The van der Waals surface area contributed by atoms with Crippen molar-refractivity contribution >= 4 is 5.91 Å². The molecule has 0 saturated heterocycles. The van der Waals surface area contributed by atoms with Crippen LogP contribution in [0.3, 0.4) is 0 Å². The van der Waals surface area contributed by atoms with E-state index in [1.807, 2.05) is 25.1 Å². The van der Waals surface area contributed by atoms with Gasteiger partial charge in [0.2, 0.25) is 0 Å². The lowest BCUT2D eigenvalue weighted by atomic mass is 10.1. The summed E-state index contributed by atoms with van der Waals surface area (Å²) in [6.07, 6.45) is 3.17. The van der Waals surface area contributed by atoms with Gasteiger partial charge in [-0.15, -0.1) is 0 Å². The molecule has 5 nitrogen and oxygen atoms in total. The minimum atomic E-state index is -0.280. The smallest absolute Gasteiger partial charge is 0.254 e. The lowest BCUT2D eigenvalue weighted by Gasteiger charge is -2.25. The minimum Gasteiger partial charge on any atom is -0.350 e. The van der Waals surface area contributed by atoms with E-state index in [2.05, 4.69) is 10.4 Å². The quantitative estimate of drug-likeness (QED) is 0.910. The molecule has 0 aliphatic rings. The maximum absolute atomic E-state index is 13.3. The molecular formula is C15H19FN4O. The van der Waals surface area contributed by atoms with Crippen LogP contribution in [0.15, 0.2) is 36.7 Å². The number of carbonyl (C=O) groups excluding carboxylic acids is 1. The van der Waals surface area contributed by atoms with Crippen LogP contribution < -0.4 is 5.32 Å². The fourth-order valence-corrected chi connectivity index (χ4v) is 2.14. The topological polar surface area (TPSA) is 50.2 Å². The van der Waals surface area contributed by atoms with Crippen LogP contribution in [0.5, 0.6) is 0 Å². The Balaban J connectivity index is 2.05. The number of carbonyl (C=O) groups is 1. The summed E-state index contributed by atoms with van der Waals surface area (Å²) in [5.41, 5.74) is 1.33. The van der Waals surface area contributed by atoms with E-state index >= 15 is 0 Å². The molecule has 1 heterocycles. The average Bonchev–Trinajstić information content (AvgIpc) is 2.85. The highest BCUT2D eigenvalue weighted by Gasteiger charge is 2.16. The maximum atomic E-state index is 13.3. The first-order valence-electron chi connectivity index (χ1n) is 6.66. The Morgan fingerprint density at radius 2 is 2.24 bits per heavy atom. The highest BCUT2D eigenvalue weighted by Crippen LogP contribution is 2.18. The molecule has 0 aliphatic carbocycles. The van der Waals surface area contributed by atoms with E-state index in [0.29, 0.717) is 12.1 Å². The van der Waals surface area contributed by atoms with E-state index in [0.717, 1.165) is 5.56 Å². The molecule has 1 unspecified atom stereocenters. The fraction of sp³-hybridized carbons (Fsp3) is 0.333. The number of likely N-dealkylation sites (N-methyl/N-ethyl adjacent to an activating group) is 1. The first-order valence-corrected chi connectivity index (χ1v) is 6.66. The first-order chi connectivity index (χ1) is 9.97. The normalized spacial score (nSPS) is 12.4. The minimum absolute atomic E-state index is 0.0960. The summed E-state index contributed by atoms with van der Waals surface area (Å²) in [7, 11) is 5.55. The van der Waals surface area contributed by atoms with Gasteiger partial charge in [-0.05, 0) is 31.8 Å². The van der Waals surface area contributed by atoms with E-state index in [-0.39, 0.29) is 17.8 Å². The molecule has 1 amide bonds. The van der Waals surface area contributed by atoms with Gasteiger partial charge in [0.1, 0.15) is 5.82 Å². The zero-order valence-corrected chi connectivity index (χ0v) is 12.4. The van der Waals surface area contributed by atoms with Crippen LogP contribution >= 0.6 is 0 Å². The number of nitrogens with zero attached hydrogens (tertiary/aromatic N) is 3. The average molecular weight is 290 g/mol. The first kappa shape index (κ1) is 15.2. The van der Waals surface area contributed by atoms with Gasteiger partial charge in [-0.1, -0.05) is 12.1 Å². The van der Waals surface area contributed by atoms with Crippen LogP contribution in [0.4, 0.5) is 4.39 Å². The maximum Gasteiger partial charge on any atom is 0.254 e. The lowest BCUT2D eigenvalue weighted by Crippen LogP contribution is -2.34. The highest BCUT2D eigenvalue weighted by atomic mass is 19.1. The number of hydrogen-bond acceptors (Lipinski definition) is 3. The lowest BCUT2D eigenvalue weighted by molar-refractivity contribution is 0.0942. The molecule has 1 atom stereocenters. The van der Waals surface area contributed by atoms with Crippen LogP contribution in [-0.4, -0.2) is 41.2 Å². The van der Waals surface area contributed by atoms with E-state index in [9.17, 15) is 9.18 Å². The van der Waals surface area contributed by atoms with Crippen LogP contribution in [0.25, 0.3) is 0 Å². The number of hydrogen-bond donors (Lipinski definition) is 1. The Kier molecular flexibility index (Phi) is 4.70. The van der Waals surface area contributed by atoms with Crippen molar-refractivity contribution in [3.8, 4) is 0 Å². The number of amides is 1. The number of aryl methyl sites for hydroxylation is 1. The van der Waals surface area contributed by atoms with Gasteiger partial charge >= 0.3 is 0 Å². The van der Waals surface area contributed by atoms with Crippen molar-refractivity contribution in [2.24, 2.45) is 7.05 Å². The summed E-state index contributed by atoms with van der Waals surface area (Å²) in [5, 5.41) is 6.82. The molecule has 2 aromatic rings. The van der Waals surface area contributed by atoms with Gasteiger partial charge in [-0.2, -0.15) is 5.10 Å². The van der Waals surface area contributed by atoms with Crippen molar-refractivity contribution < 1.29 is 9.18 Å². The van der Waals surface area contributed by atoms with Gasteiger partial charge in [-0.25, -0.2) is 4.39 Å². The van der Waals surface area contributed by atoms with Gasteiger partial charge < -0.3 is 10.2 Å². The van der Waals surface area contributed by atoms with Crippen LogP contribution in [0, 0.1) is 5.82 Å². The van der Waals surface area contributed by atoms with Crippen LogP contribution in [0.1, 0.15) is 22.0 Å². The Hall–Kier alpha value is -2.21. The third-order valence-corrected chi connectivity index (χ3v) is 3.28. The second kappa shape index (κ2) is 6.49. The van der Waals surface area contributed by atoms with Crippen LogP contribution in [0.2, 0.25) is 0 Å². The summed E-state index contributed by atoms with van der Waals surface area (Å²) in [6.45, 7) is 0.393. The zero-order valence-electron chi connectivity index (χ0n) is 12.4. The van der Waals surface area contributed by atoms with Crippen molar-refractivity contribution in [2.45, 2.75) is 6.04 Å². The number of benzene rings is 1. The van der Waals surface area contributed by atoms with Gasteiger partial charge in [0.25, 0.3) is 5.91 Å².